The van der Waals surface area contributed by atoms with Crippen molar-refractivity contribution in [1.29, 1.82) is 5.26 Å². The van der Waals surface area contributed by atoms with Gasteiger partial charge in [0.1, 0.15) is 16.7 Å². The molecule has 0 aliphatic rings. The minimum atomic E-state index is -4.08. The van der Waals surface area contributed by atoms with Crippen molar-refractivity contribution in [1.82, 2.24) is 0 Å². The van der Waals surface area contributed by atoms with E-state index < -0.39 is 16.0 Å². The average molecular weight is 461 g/mol. The van der Waals surface area contributed by atoms with E-state index in [4.69, 9.17) is 33.2 Å². The van der Waals surface area contributed by atoms with Gasteiger partial charge in [0.05, 0.1) is 21.8 Å². The standard InChI is InChI=1S/C21H14Cl2N2O4S/c1-25(17-9-7-16(22)8-10-17)30(27,28)20-12-14(6-11-18(20)23)21(26)29-19-5-3-2-4-15(19)13-24/h2-12H,1H3. The smallest absolute Gasteiger partial charge is 0.343 e. The maximum Gasteiger partial charge on any atom is 0.343 e. The molecule has 0 aromatic heterocycles. The minimum absolute atomic E-state index is 0.0322. The van der Waals surface area contributed by atoms with Gasteiger partial charge in [0.15, 0.2) is 0 Å². The van der Waals surface area contributed by atoms with Crippen molar-refractivity contribution >= 4 is 44.9 Å². The van der Waals surface area contributed by atoms with Crippen molar-refractivity contribution in [3.8, 4) is 11.8 Å². The fourth-order valence-electron chi connectivity index (χ4n) is 2.57. The number of anilines is 1. The highest BCUT2D eigenvalue weighted by Gasteiger charge is 2.26. The minimum Gasteiger partial charge on any atom is -0.422 e. The first-order valence-corrected chi connectivity index (χ1v) is 10.7. The Morgan fingerprint density at radius 1 is 1.03 bits per heavy atom. The predicted octanol–water partition coefficient (Wildman–Crippen LogP) is 4.91. The highest BCUT2D eigenvalue weighted by molar-refractivity contribution is 7.93. The van der Waals surface area contributed by atoms with E-state index in [9.17, 15) is 13.2 Å². The Bertz CT molecular complexity index is 1250. The van der Waals surface area contributed by atoms with E-state index in [0.717, 1.165) is 10.4 Å². The largest absolute Gasteiger partial charge is 0.422 e. The van der Waals surface area contributed by atoms with Crippen LogP contribution in [0.25, 0.3) is 0 Å². The Morgan fingerprint density at radius 2 is 1.70 bits per heavy atom. The van der Waals surface area contributed by atoms with Gasteiger partial charge in [-0.25, -0.2) is 13.2 Å². The zero-order valence-electron chi connectivity index (χ0n) is 15.5. The molecule has 0 bridgehead atoms. The molecule has 0 saturated carbocycles. The third-order valence-electron chi connectivity index (χ3n) is 4.21. The molecule has 0 N–H and O–H groups in total. The Hall–Kier alpha value is -3.05. The number of benzene rings is 3. The third kappa shape index (κ3) is 4.41. The molecule has 3 rings (SSSR count). The molecule has 0 aliphatic heterocycles. The van der Waals surface area contributed by atoms with Crippen LogP contribution in [0.5, 0.6) is 5.75 Å². The fraction of sp³-hybridized carbons (Fsp3) is 0.0476. The van der Waals surface area contributed by atoms with Gasteiger partial charge < -0.3 is 4.74 Å². The number of esters is 1. The summed E-state index contributed by atoms with van der Waals surface area (Å²) < 4.78 is 32.5. The average Bonchev–Trinajstić information content (AvgIpc) is 2.74. The lowest BCUT2D eigenvalue weighted by molar-refractivity contribution is 0.0734. The second kappa shape index (κ2) is 8.76. The number of ether oxygens (including phenoxy) is 1. The highest BCUT2D eigenvalue weighted by atomic mass is 35.5. The quantitative estimate of drug-likeness (QED) is 0.398. The second-order valence-corrected chi connectivity index (χ2v) is 8.87. The van der Waals surface area contributed by atoms with Gasteiger partial charge in [0.25, 0.3) is 10.0 Å². The van der Waals surface area contributed by atoms with Crippen LogP contribution in [0.2, 0.25) is 10.0 Å². The van der Waals surface area contributed by atoms with Gasteiger partial charge in [-0.2, -0.15) is 5.26 Å². The van der Waals surface area contributed by atoms with Gasteiger partial charge >= 0.3 is 5.97 Å². The first-order valence-electron chi connectivity index (χ1n) is 8.49. The molecule has 3 aromatic rings. The van der Waals surface area contributed by atoms with Crippen LogP contribution in [0.1, 0.15) is 15.9 Å². The van der Waals surface area contributed by atoms with E-state index in [1.807, 2.05) is 6.07 Å². The number of hydrogen-bond donors (Lipinski definition) is 0. The molecule has 0 radical (unpaired) electrons. The van der Waals surface area contributed by atoms with E-state index in [2.05, 4.69) is 0 Å². The zero-order valence-corrected chi connectivity index (χ0v) is 17.9. The Morgan fingerprint density at radius 3 is 2.37 bits per heavy atom. The summed E-state index contributed by atoms with van der Waals surface area (Å²) in [6.07, 6.45) is 0. The fourth-order valence-corrected chi connectivity index (χ4v) is 4.39. The number of rotatable bonds is 5. The molecular weight excluding hydrogens is 447 g/mol. The van der Waals surface area contributed by atoms with Crippen molar-refractivity contribution in [2.24, 2.45) is 0 Å². The molecule has 3 aromatic carbocycles. The van der Waals surface area contributed by atoms with Crippen LogP contribution in [0.3, 0.4) is 0 Å². The summed E-state index contributed by atoms with van der Waals surface area (Å²) in [5.41, 5.74) is 0.511. The first-order chi connectivity index (χ1) is 14.2. The van der Waals surface area contributed by atoms with Crippen LogP contribution in [-0.4, -0.2) is 21.4 Å². The number of hydrogen-bond acceptors (Lipinski definition) is 5. The number of halogens is 2. The van der Waals surface area contributed by atoms with Gasteiger partial charge in [-0.1, -0.05) is 35.3 Å². The molecule has 0 heterocycles. The first kappa shape index (κ1) is 21.7. The van der Waals surface area contributed by atoms with Crippen molar-refractivity contribution in [2.75, 3.05) is 11.4 Å². The molecule has 0 atom stereocenters. The molecule has 152 valence electrons. The van der Waals surface area contributed by atoms with Crippen molar-refractivity contribution in [3.63, 3.8) is 0 Å². The SMILES string of the molecule is CN(c1ccc(Cl)cc1)S(=O)(=O)c1cc(C(=O)Oc2ccccc2C#N)ccc1Cl. The summed E-state index contributed by atoms with van der Waals surface area (Å²) in [7, 11) is -2.71. The lowest BCUT2D eigenvalue weighted by Gasteiger charge is -2.20. The monoisotopic (exact) mass is 460 g/mol. The zero-order chi connectivity index (χ0) is 21.9. The van der Waals surface area contributed by atoms with E-state index in [1.54, 1.807) is 36.4 Å². The molecule has 9 heteroatoms. The van der Waals surface area contributed by atoms with Crippen molar-refractivity contribution < 1.29 is 17.9 Å². The van der Waals surface area contributed by atoms with E-state index >= 15 is 0 Å². The van der Waals surface area contributed by atoms with Crippen LogP contribution >= 0.6 is 23.2 Å². The lowest BCUT2D eigenvalue weighted by Crippen LogP contribution is -2.27. The Labute approximate surface area is 183 Å². The number of carbonyl (C=O) groups is 1. The summed E-state index contributed by atoms with van der Waals surface area (Å²) in [5, 5.41) is 9.54. The molecule has 0 aliphatic carbocycles. The highest BCUT2D eigenvalue weighted by Crippen LogP contribution is 2.29. The molecule has 0 unspecified atom stereocenters. The number of sulfonamides is 1. The van der Waals surface area contributed by atoms with E-state index in [-0.39, 0.29) is 26.8 Å². The van der Waals surface area contributed by atoms with Crippen molar-refractivity contribution in [3.05, 3.63) is 87.9 Å². The third-order valence-corrected chi connectivity index (χ3v) is 6.72. The topological polar surface area (TPSA) is 87.5 Å². The summed E-state index contributed by atoms with van der Waals surface area (Å²) in [6.45, 7) is 0. The number of nitriles is 1. The number of nitrogens with zero attached hydrogens (tertiary/aromatic N) is 2. The summed E-state index contributed by atoms with van der Waals surface area (Å²) in [5.74, 6) is -0.748. The van der Waals surface area contributed by atoms with Crippen LogP contribution in [0, 0.1) is 11.3 Å². The molecule has 30 heavy (non-hydrogen) atoms. The van der Waals surface area contributed by atoms with Crippen LogP contribution in [0.4, 0.5) is 5.69 Å². The Balaban J connectivity index is 1.95. The van der Waals surface area contributed by atoms with Crippen LogP contribution in [-0.2, 0) is 10.0 Å². The second-order valence-electron chi connectivity index (χ2n) is 6.09. The molecule has 0 spiro atoms. The van der Waals surface area contributed by atoms with E-state index in [0.29, 0.717) is 10.7 Å². The van der Waals surface area contributed by atoms with Gasteiger partial charge in [-0.15, -0.1) is 0 Å². The van der Waals surface area contributed by atoms with Crippen molar-refractivity contribution in [2.45, 2.75) is 4.90 Å². The van der Waals surface area contributed by atoms with Gasteiger partial charge in [-0.05, 0) is 54.6 Å². The lowest BCUT2D eigenvalue weighted by atomic mass is 10.2. The maximum atomic E-state index is 13.1. The van der Waals surface area contributed by atoms with Crippen LogP contribution in [0.15, 0.2) is 71.6 Å². The normalized spacial score (nSPS) is 10.9. The van der Waals surface area contributed by atoms with Gasteiger partial charge in [-0.3, -0.25) is 4.31 Å². The summed E-state index contributed by atoms with van der Waals surface area (Å²) in [4.78, 5) is 12.3. The number of carbonyl (C=O) groups excluding carboxylic acids is 1. The molecule has 6 nitrogen and oxygen atoms in total. The Kier molecular flexibility index (Phi) is 6.32. The molecule has 0 saturated heterocycles. The molecule has 0 fully saturated rings. The predicted molar refractivity (Wildman–Crippen MR) is 115 cm³/mol. The van der Waals surface area contributed by atoms with Gasteiger partial charge in [0, 0.05) is 12.1 Å². The molecular formula is C21H14Cl2N2O4S. The van der Waals surface area contributed by atoms with E-state index in [1.165, 1.54) is 31.3 Å². The molecule has 0 amide bonds. The number of para-hydroxylation sites is 1. The summed E-state index contributed by atoms with van der Waals surface area (Å²) >= 11 is 12.0. The van der Waals surface area contributed by atoms with Crippen LogP contribution < -0.4 is 9.04 Å². The van der Waals surface area contributed by atoms with Gasteiger partial charge in [0.2, 0.25) is 0 Å². The maximum absolute atomic E-state index is 13.1. The summed E-state index contributed by atoms with van der Waals surface area (Å²) in [6, 6.07) is 18.1.